The summed E-state index contributed by atoms with van der Waals surface area (Å²) in [4.78, 5) is 0. The third kappa shape index (κ3) is 4.60. The van der Waals surface area contributed by atoms with Crippen molar-refractivity contribution in [2.45, 2.75) is 25.8 Å². The summed E-state index contributed by atoms with van der Waals surface area (Å²) in [6.45, 7) is 3.79. The van der Waals surface area contributed by atoms with E-state index in [-0.39, 0.29) is 0 Å². The van der Waals surface area contributed by atoms with Crippen LogP contribution in [0.2, 0.25) is 0 Å². The highest BCUT2D eigenvalue weighted by atomic mass is 32.2. The molecule has 17 heavy (non-hydrogen) atoms. The molecule has 0 amide bonds. The molecule has 1 aromatic carbocycles. The van der Waals surface area contributed by atoms with Crippen molar-refractivity contribution in [3.8, 4) is 5.75 Å². The van der Waals surface area contributed by atoms with Crippen molar-refractivity contribution in [1.82, 2.24) is 5.32 Å². The Morgan fingerprint density at radius 3 is 3.18 bits per heavy atom. The van der Waals surface area contributed by atoms with Crippen molar-refractivity contribution < 1.29 is 4.74 Å². The lowest BCUT2D eigenvalue weighted by atomic mass is 10.2. The zero-order valence-corrected chi connectivity index (χ0v) is 11.3. The van der Waals surface area contributed by atoms with E-state index in [1.807, 2.05) is 12.1 Å². The molecule has 2 rings (SSSR count). The van der Waals surface area contributed by atoms with Gasteiger partial charge in [-0.05, 0) is 43.2 Å². The molecule has 1 N–H and O–H groups in total. The lowest BCUT2D eigenvalue weighted by molar-refractivity contribution is 0.305. The Balaban J connectivity index is 1.62. The predicted octanol–water partition coefficient (Wildman–Crippen LogP) is 2.86. The first kappa shape index (κ1) is 12.8. The summed E-state index contributed by atoms with van der Waals surface area (Å²) in [7, 11) is 0. The number of benzene rings is 1. The number of thioether (sulfide) groups is 1. The van der Waals surface area contributed by atoms with Gasteiger partial charge in [0.05, 0.1) is 0 Å². The molecule has 1 saturated heterocycles. The Hall–Kier alpha value is -0.670. The summed E-state index contributed by atoms with van der Waals surface area (Å²) in [6, 6.07) is 8.91. The van der Waals surface area contributed by atoms with E-state index in [0.29, 0.717) is 6.04 Å². The predicted molar refractivity (Wildman–Crippen MR) is 75.0 cm³/mol. The zero-order chi connectivity index (χ0) is 11.9. The molecular weight excluding hydrogens is 230 g/mol. The van der Waals surface area contributed by atoms with Crippen LogP contribution in [0.3, 0.4) is 0 Å². The molecular formula is C14H21NOS. The van der Waals surface area contributed by atoms with Crippen LogP contribution < -0.4 is 10.1 Å². The van der Waals surface area contributed by atoms with Gasteiger partial charge in [-0.15, -0.1) is 0 Å². The second-order valence-corrected chi connectivity index (χ2v) is 5.68. The molecule has 0 aliphatic carbocycles. The molecule has 2 nitrogen and oxygen atoms in total. The van der Waals surface area contributed by atoms with Crippen molar-refractivity contribution in [3.63, 3.8) is 0 Å². The molecule has 1 heterocycles. The molecule has 1 unspecified atom stereocenters. The fourth-order valence-electron chi connectivity index (χ4n) is 2.04. The normalized spacial score (nSPS) is 20.2. The summed E-state index contributed by atoms with van der Waals surface area (Å²) >= 11 is 2.06. The highest BCUT2D eigenvalue weighted by Crippen LogP contribution is 2.16. The molecule has 0 saturated carbocycles. The number of aryl methyl sites for hydroxylation is 1. The van der Waals surface area contributed by atoms with E-state index in [9.17, 15) is 0 Å². The van der Waals surface area contributed by atoms with Gasteiger partial charge in [-0.25, -0.2) is 0 Å². The quantitative estimate of drug-likeness (QED) is 0.813. The standard InChI is InChI=1S/C14H21NOS/c1-12-4-2-6-14(10-12)16-8-7-15-13-5-3-9-17-11-13/h2,4,6,10,13,15H,3,5,7-9,11H2,1H3. The Labute approximate surface area is 108 Å². The van der Waals surface area contributed by atoms with Crippen molar-refractivity contribution >= 4 is 11.8 Å². The SMILES string of the molecule is Cc1cccc(OCCNC2CCCSC2)c1. The first-order chi connectivity index (χ1) is 8.34. The monoisotopic (exact) mass is 251 g/mol. The summed E-state index contributed by atoms with van der Waals surface area (Å²) in [6.07, 6.45) is 2.67. The number of hydrogen-bond donors (Lipinski definition) is 1. The van der Waals surface area contributed by atoms with Crippen LogP contribution in [0.5, 0.6) is 5.75 Å². The van der Waals surface area contributed by atoms with Gasteiger partial charge in [-0.2, -0.15) is 11.8 Å². The van der Waals surface area contributed by atoms with Gasteiger partial charge < -0.3 is 10.1 Å². The van der Waals surface area contributed by atoms with E-state index in [1.54, 1.807) is 0 Å². The largest absolute Gasteiger partial charge is 0.492 e. The molecule has 0 bridgehead atoms. The molecule has 94 valence electrons. The zero-order valence-electron chi connectivity index (χ0n) is 10.4. The minimum Gasteiger partial charge on any atom is -0.492 e. The van der Waals surface area contributed by atoms with Gasteiger partial charge >= 0.3 is 0 Å². The van der Waals surface area contributed by atoms with Crippen LogP contribution in [0.4, 0.5) is 0 Å². The second-order valence-electron chi connectivity index (χ2n) is 4.53. The highest BCUT2D eigenvalue weighted by Gasteiger charge is 2.12. The summed E-state index contributed by atoms with van der Waals surface area (Å²) in [5.74, 6) is 3.56. The lowest BCUT2D eigenvalue weighted by Gasteiger charge is -2.22. The smallest absolute Gasteiger partial charge is 0.119 e. The van der Waals surface area contributed by atoms with Gasteiger partial charge in [0.1, 0.15) is 12.4 Å². The van der Waals surface area contributed by atoms with Crippen LogP contribution in [0.25, 0.3) is 0 Å². The Bertz CT molecular complexity index is 337. The van der Waals surface area contributed by atoms with E-state index >= 15 is 0 Å². The summed E-state index contributed by atoms with van der Waals surface area (Å²) < 4.78 is 5.71. The number of ether oxygens (including phenoxy) is 1. The van der Waals surface area contributed by atoms with Crippen LogP contribution in [-0.4, -0.2) is 30.7 Å². The maximum Gasteiger partial charge on any atom is 0.119 e. The Kier molecular flexibility index (Phi) is 5.20. The average molecular weight is 251 g/mol. The Morgan fingerprint density at radius 2 is 2.41 bits per heavy atom. The fraction of sp³-hybridized carbons (Fsp3) is 0.571. The first-order valence-electron chi connectivity index (χ1n) is 6.35. The average Bonchev–Trinajstić information content (AvgIpc) is 2.36. The third-order valence-corrected chi connectivity index (χ3v) is 4.17. The molecule has 1 fully saturated rings. The van der Waals surface area contributed by atoms with Gasteiger partial charge in [0.2, 0.25) is 0 Å². The molecule has 1 aliphatic rings. The van der Waals surface area contributed by atoms with Gasteiger partial charge in [0.25, 0.3) is 0 Å². The highest BCUT2D eigenvalue weighted by molar-refractivity contribution is 7.99. The minimum absolute atomic E-state index is 0.690. The van der Waals surface area contributed by atoms with Crippen molar-refractivity contribution in [2.75, 3.05) is 24.7 Å². The van der Waals surface area contributed by atoms with E-state index in [0.717, 1.165) is 18.9 Å². The molecule has 1 aromatic rings. The van der Waals surface area contributed by atoms with Crippen LogP contribution in [0.15, 0.2) is 24.3 Å². The number of hydrogen-bond acceptors (Lipinski definition) is 3. The van der Waals surface area contributed by atoms with Gasteiger partial charge in [0, 0.05) is 18.3 Å². The number of nitrogens with one attached hydrogen (secondary N) is 1. The summed E-state index contributed by atoms with van der Waals surface area (Å²) in [5, 5.41) is 3.56. The van der Waals surface area contributed by atoms with Gasteiger partial charge in [-0.3, -0.25) is 0 Å². The minimum atomic E-state index is 0.690. The van der Waals surface area contributed by atoms with Crippen LogP contribution in [0, 0.1) is 6.92 Å². The van der Waals surface area contributed by atoms with Crippen molar-refractivity contribution in [1.29, 1.82) is 0 Å². The molecule has 0 spiro atoms. The summed E-state index contributed by atoms with van der Waals surface area (Å²) in [5.41, 5.74) is 1.25. The second kappa shape index (κ2) is 6.92. The van der Waals surface area contributed by atoms with E-state index < -0.39 is 0 Å². The van der Waals surface area contributed by atoms with Crippen molar-refractivity contribution in [2.24, 2.45) is 0 Å². The molecule has 1 aliphatic heterocycles. The van der Waals surface area contributed by atoms with Gasteiger partial charge in [-0.1, -0.05) is 12.1 Å². The van der Waals surface area contributed by atoms with Crippen LogP contribution in [-0.2, 0) is 0 Å². The van der Waals surface area contributed by atoms with Crippen molar-refractivity contribution in [3.05, 3.63) is 29.8 Å². The maximum atomic E-state index is 5.71. The van der Waals surface area contributed by atoms with E-state index in [4.69, 9.17) is 4.74 Å². The van der Waals surface area contributed by atoms with Gasteiger partial charge in [0.15, 0.2) is 0 Å². The Morgan fingerprint density at radius 1 is 1.47 bits per heavy atom. The number of rotatable bonds is 5. The lowest BCUT2D eigenvalue weighted by Crippen LogP contribution is -2.36. The third-order valence-electron chi connectivity index (χ3n) is 2.95. The maximum absolute atomic E-state index is 5.71. The molecule has 3 heteroatoms. The first-order valence-corrected chi connectivity index (χ1v) is 7.50. The van der Waals surface area contributed by atoms with E-state index in [1.165, 1.54) is 29.9 Å². The van der Waals surface area contributed by atoms with E-state index in [2.05, 4.69) is 36.1 Å². The molecule has 0 aromatic heterocycles. The van der Waals surface area contributed by atoms with Crippen LogP contribution in [0.1, 0.15) is 18.4 Å². The van der Waals surface area contributed by atoms with Crippen LogP contribution >= 0.6 is 11.8 Å². The fourth-order valence-corrected chi connectivity index (χ4v) is 3.15. The topological polar surface area (TPSA) is 21.3 Å². The molecule has 0 radical (unpaired) electrons. The molecule has 1 atom stereocenters.